The molecule has 6 heteroatoms. The number of amides is 1. The number of carbonyl (C=O) groups is 2. The standard InChI is InChI=1S/C24H19BrN2O3/c1-30-20-13-11-19(12-14-20)27-22(28)15-21(16-7-9-18(25)10-8-16)23(26-27)24(29)17-5-3-2-4-6-17/h2-14,21H,15H2,1H3/t21-/m1/s1. The number of anilines is 1. The number of methoxy groups -OCH3 is 1. The molecule has 0 saturated carbocycles. The number of ketones is 1. The molecule has 0 fully saturated rings. The van der Waals surface area contributed by atoms with Crippen LogP contribution in [0.1, 0.15) is 28.3 Å². The molecule has 4 rings (SSSR count). The smallest absolute Gasteiger partial charge is 0.248 e. The zero-order valence-electron chi connectivity index (χ0n) is 16.3. The van der Waals surface area contributed by atoms with Gasteiger partial charge in [-0.3, -0.25) is 9.59 Å². The van der Waals surface area contributed by atoms with Crippen molar-refractivity contribution in [3.63, 3.8) is 0 Å². The highest BCUT2D eigenvalue weighted by Gasteiger charge is 2.35. The molecular weight excluding hydrogens is 444 g/mol. The second kappa shape index (κ2) is 8.63. The number of ether oxygens (including phenoxy) is 1. The molecule has 1 amide bonds. The molecule has 0 unspecified atom stereocenters. The Morgan fingerprint density at radius 1 is 1.00 bits per heavy atom. The zero-order valence-corrected chi connectivity index (χ0v) is 17.9. The minimum atomic E-state index is -0.409. The van der Waals surface area contributed by atoms with Crippen LogP contribution in [0.3, 0.4) is 0 Å². The van der Waals surface area contributed by atoms with Crippen LogP contribution in [0.2, 0.25) is 0 Å². The summed E-state index contributed by atoms with van der Waals surface area (Å²) in [5, 5.41) is 5.85. The molecule has 0 aliphatic carbocycles. The lowest BCUT2D eigenvalue weighted by molar-refractivity contribution is -0.119. The number of nitrogens with zero attached hydrogens (tertiary/aromatic N) is 2. The summed E-state index contributed by atoms with van der Waals surface area (Å²) in [6.45, 7) is 0. The number of hydrazone groups is 1. The van der Waals surface area contributed by atoms with Gasteiger partial charge in [0.05, 0.1) is 12.8 Å². The molecule has 0 aromatic heterocycles. The number of rotatable bonds is 5. The quantitative estimate of drug-likeness (QED) is 0.488. The molecule has 0 bridgehead atoms. The Bertz CT molecular complexity index is 1090. The molecule has 150 valence electrons. The van der Waals surface area contributed by atoms with Crippen molar-refractivity contribution in [3.8, 4) is 5.75 Å². The molecule has 1 aliphatic heterocycles. The van der Waals surface area contributed by atoms with E-state index in [4.69, 9.17) is 4.74 Å². The monoisotopic (exact) mass is 462 g/mol. The lowest BCUT2D eigenvalue weighted by Gasteiger charge is -2.29. The summed E-state index contributed by atoms with van der Waals surface area (Å²) in [7, 11) is 1.58. The van der Waals surface area contributed by atoms with Crippen molar-refractivity contribution < 1.29 is 14.3 Å². The molecule has 3 aromatic carbocycles. The topological polar surface area (TPSA) is 59.0 Å². The summed E-state index contributed by atoms with van der Waals surface area (Å²) in [6, 6.07) is 23.7. The van der Waals surface area contributed by atoms with E-state index in [1.54, 1.807) is 43.5 Å². The highest BCUT2D eigenvalue weighted by atomic mass is 79.9. The number of benzene rings is 3. The minimum absolute atomic E-state index is 0.158. The van der Waals surface area contributed by atoms with Gasteiger partial charge in [-0.25, -0.2) is 5.01 Å². The van der Waals surface area contributed by atoms with Crippen LogP contribution in [-0.2, 0) is 4.79 Å². The van der Waals surface area contributed by atoms with Gasteiger partial charge in [0.1, 0.15) is 11.5 Å². The lowest BCUT2D eigenvalue weighted by Crippen LogP contribution is -2.39. The summed E-state index contributed by atoms with van der Waals surface area (Å²) in [5.41, 5.74) is 2.36. The van der Waals surface area contributed by atoms with Crippen LogP contribution in [-0.4, -0.2) is 24.5 Å². The van der Waals surface area contributed by atoms with Crippen molar-refractivity contribution in [1.29, 1.82) is 0 Å². The van der Waals surface area contributed by atoms with Crippen molar-refractivity contribution in [2.45, 2.75) is 12.3 Å². The first kappa shape index (κ1) is 20.0. The SMILES string of the molecule is COc1ccc(N2N=C(C(=O)c3ccccc3)[C@@H](c3ccc(Br)cc3)CC2=O)cc1. The van der Waals surface area contributed by atoms with Gasteiger partial charge >= 0.3 is 0 Å². The van der Waals surface area contributed by atoms with Crippen LogP contribution >= 0.6 is 15.9 Å². The van der Waals surface area contributed by atoms with Crippen LogP contribution in [0.15, 0.2) is 88.4 Å². The van der Waals surface area contributed by atoms with Crippen LogP contribution < -0.4 is 9.75 Å². The van der Waals surface area contributed by atoms with Gasteiger partial charge in [-0.2, -0.15) is 5.10 Å². The fraction of sp³-hybridized carbons (Fsp3) is 0.125. The Balaban J connectivity index is 1.78. The highest BCUT2D eigenvalue weighted by molar-refractivity contribution is 9.10. The summed E-state index contributed by atoms with van der Waals surface area (Å²) >= 11 is 3.43. The van der Waals surface area contributed by atoms with Crippen molar-refractivity contribution >= 4 is 39.0 Å². The van der Waals surface area contributed by atoms with Gasteiger partial charge in [0.25, 0.3) is 0 Å². The van der Waals surface area contributed by atoms with Gasteiger partial charge in [0.15, 0.2) is 0 Å². The Labute approximate surface area is 183 Å². The molecule has 0 spiro atoms. The van der Waals surface area contributed by atoms with Crippen molar-refractivity contribution in [1.82, 2.24) is 0 Å². The van der Waals surface area contributed by atoms with E-state index >= 15 is 0 Å². The second-order valence-electron chi connectivity index (χ2n) is 6.89. The number of hydrogen-bond acceptors (Lipinski definition) is 4. The largest absolute Gasteiger partial charge is 0.497 e. The molecule has 1 aliphatic rings. The van der Waals surface area contributed by atoms with Gasteiger partial charge in [-0.15, -0.1) is 0 Å². The van der Waals surface area contributed by atoms with Gasteiger partial charge in [0, 0.05) is 22.4 Å². The Kier molecular flexibility index (Phi) is 5.77. The molecule has 3 aromatic rings. The van der Waals surface area contributed by atoms with Crippen LogP contribution in [0.5, 0.6) is 5.75 Å². The molecule has 1 atom stereocenters. The first-order chi connectivity index (χ1) is 14.6. The van der Waals surface area contributed by atoms with Crippen molar-refractivity contribution in [2.24, 2.45) is 5.10 Å². The maximum Gasteiger partial charge on any atom is 0.248 e. The fourth-order valence-corrected chi connectivity index (χ4v) is 3.69. The van der Waals surface area contributed by atoms with E-state index in [-0.39, 0.29) is 18.1 Å². The molecule has 30 heavy (non-hydrogen) atoms. The molecule has 0 saturated heterocycles. The molecule has 1 heterocycles. The Morgan fingerprint density at radius 2 is 1.67 bits per heavy atom. The number of carbonyl (C=O) groups excluding carboxylic acids is 2. The molecule has 0 radical (unpaired) electrons. The molecule has 5 nitrogen and oxygen atoms in total. The maximum absolute atomic E-state index is 13.3. The Morgan fingerprint density at radius 3 is 2.30 bits per heavy atom. The van der Waals surface area contributed by atoms with Gasteiger partial charge in [-0.05, 0) is 42.0 Å². The van der Waals surface area contributed by atoms with Crippen LogP contribution in [0.4, 0.5) is 5.69 Å². The first-order valence-corrected chi connectivity index (χ1v) is 10.3. The molecular formula is C24H19BrN2O3. The predicted octanol–water partition coefficient (Wildman–Crippen LogP) is 5.22. The van der Waals surface area contributed by atoms with E-state index in [1.807, 2.05) is 42.5 Å². The fourth-order valence-electron chi connectivity index (χ4n) is 3.43. The van der Waals surface area contributed by atoms with Crippen molar-refractivity contribution in [2.75, 3.05) is 12.1 Å². The van der Waals surface area contributed by atoms with Gasteiger partial charge in [0.2, 0.25) is 11.7 Å². The summed E-state index contributed by atoms with van der Waals surface area (Å²) in [6.07, 6.45) is 0.158. The van der Waals surface area contributed by atoms with E-state index in [2.05, 4.69) is 21.0 Å². The summed E-state index contributed by atoms with van der Waals surface area (Å²) < 4.78 is 6.12. The molecule has 0 N–H and O–H groups in total. The van der Waals surface area contributed by atoms with E-state index in [0.29, 0.717) is 22.7 Å². The van der Waals surface area contributed by atoms with Crippen LogP contribution in [0, 0.1) is 0 Å². The highest BCUT2D eigenvalue weighted by Crippen LogP contribution is 2.32. The number of hydrogen-bond donors (Lipinski definition) is 0. The third-order valence-corrected chi connectivity index (χ3v) is 5.54. The number of Topliss-reactive ketones (excluding diaryl/α,β-unsaturated/α-hetero) is 1. The van der Waals surface area contributed by atoms with Gasteiger partial charge < -0.3 is 4.74 Å². The third-order valence-electron chi connectivity index (χ3n) is 5.01. The minimum Gasteiger partial charge on any atom is -0.497 e. The maximum atomic E-state index is 13.3. The van der Waals surface area contributed by atoms with E-state index in [1.165, 1.54) is 5.01 Å². The first-order valence-electron chi connectivity index (χ1n) is 9.47. The third kappa shape index (κ3) is 4.04. The van der Waals surface area contributed by atoms with Gasteiger partial charge in [-0.1, -0.05) is 58.4 Å². The predicted molar refractivity (Wildman–Crippen MR) is 120 cm³/mol. The zero-order chi connectivity index (χ0) is 21.1. The summed E-state index contributed by atoms with van der Waals surface area (Å²) in [4.78, 5) is 26.3. The summed E-state index contributed by atoms with van der Waals surface area (Å²) in [5.74, 6) is -0.0828. The van der Waals surface area contributed by atoms with Crippen molar-refractivity contribution in [3.05, 3.63) is 94.5 Å². The lowest BCUT2D eigenvalue weighted by atomic mass is 9.85. The average Bonchev–Trinajstić information content (AvgIpc) is 2.80. The second-order valence-corrected chi connectivity index (χ2v) is 7.81. The average molecular weight is 463 g/mol. The Hall–Kier alpha value is -3.25. The van der Waals surface area contributed by atoms with Crippen LogP contribution in [0.25, 0.3) is 0 Å². The van der Waals surface area contributed by atoms with E-state index in [9.17, 15) is 9.59 Å². The van der Waals surface area contributed by atoms with E-state index < -0.39 is 5.92 Å². The van der Waals surface area contributed by atoms with E-state index in [0.717, 1.165) is 10.0 Å². The number of halogens is 1. The normalized spacial score (nSPS) is 16.2.